The van der Waals surface area contributed by atoms with Gasteiger partial charge in [-0.1, -0.05) is 50.3 Å². The molecule has 0 saturated carbocycles. The van der Waals surface area contributed by atoms with Crippen molar-refractivity contribution in [3.8, 4) is 11.5 Å². The van der Waals surface area contributed by atoms with E-state index in [1.54, 1.807) is 24.4 Å². The first-order valence-electron chi connectivity index (χ1n) is 11.8. The third kappa shape index (κ3) is 6.73. The molecule has 0 radical (unpaired) electrons. The first-order chi connectivity index (χ1) is 17.3. The van der Waals surface area contributed by atoms with Crippen LogP contribution >= 0.6 is 0 Å². The van der Waals surface area contributed by atoms with Gasteiger partial charge in [0.05, 0.1) is 32.8 Å². The van der Waals surface area contributed by atoms with Gasteiger partial charge in [-0.15, -0.1) is 0 Å². The normalized spacial score (nSPS) is 25.1. The molecular weight excluding hydrogens is 460 g/mol. The lowest BCUT2D eigenvalue weighted by atomic mass is 9.76. The Bertz CT molecular complexity index is 1010. The van der Waals surface area contributed by atoms with Gasteiger partial charge < -0.3 is 29.6 Å². The predicted molar refractivity (Wildman–Crippen MR) is 139 cm³/mol. The molecule has 0 aromatic heterocycles. The van der Waals surface area contributed by atoms with Crippen molar-refractivity contribution in [1.29, 1.82) is 0 Å². The van der Waals surface area contributed by atoms with E-state index in [0.29, 0.717) is 23.0 Å². The van der Waals surface area contributed by atoms with E-state index in [2.05, 4.69) is 23.6 Å². The van der Waals surface area contributed by atoms with Crippen LogP contribution in [0.25, 0.3) is 0 Å². The monoisotopic (exact) mass is 496 g/mol. The number of amides is 2. The van der Waals surface area contributed by atoms with Crippen molar-refractivity contribution in [2.75, 3.05) is 20.8 Å². The van der Waals surface area contributed by atoms with Gasteiger partial charge in [0.15, 0.2) is 0 Å². The highest BCUT2D eigenvalue weighted by Crippen LogP contribution is 2.46. The number of rotatable bonds is 10. The summed E-state index contributed by atoms with van der Waals surface area (Å²) in [6.07, 6.45) is 15.1. The van der Waals surface area contributed by atoms with Gasteiger partial charge in [-0.05, 0) is 31.1 Å². The summed E-state index contributed by atoms with van der Waals surface area (Å²) in [5.41, 5.74) is -0.301. The van der Waals surface area contributed by atoms with Crippen molar-refractivity contribution in [3.05, 3.63) is 72.5 Å². The number of allylic oxidation sites excluding steroid dienone is 5. The first-order valence-corrected chi connectivity index (χ1v) is 11.8. The maximum atomic E-state index is 12.9. The van der Waals surface area contributed by atoms with Gasteiger partial charge >= 0.3 is 0 Å². The Morgan fingerprint density at radius 3 is 2.42 bits per heavy atom. The fourth-order valence-electron chi connectivity index (χ4n) is 4.42. The van der Waals surface area contributed by atoms with Gasteiger partial charge in [-0.3, -0.25) is 9.59 Å². The minimum Gasteiger partial charge on any atom is -0.497 e. The van der Waals surface area contributed by atoms with E-state index < -0.39 is 5.60 Å². The van der Waals surface area contributed by atoms with Crippen LogP contribution in [0, 0.1) is 17.8 Å². The molecule has 0 spiro atoms. The average molecular weight is 497 g/mol. The molecule has 1 aromatic rings. The van der Waals surface area contributed by atoms with E-state index in [1.165, 1.54) is 14.2 Å². The Hall–Kier alpha value is -3.65. The highest BCUT2D eigenvalue weighted by Gasteiger charge is 2.56. The molecule has 36 heavy (non-hydrogen) atoms. The highest BCUT2D eigenvalue weighted by atomic mass is 16.5. The lowest BCUT2D eigenvalue weighted by Crippen LogP contribution is -2.47. The summed E-state index contributed by atoms with van der Waals surface area (Å²) in [5, 5.41) is 5.81. The zero-order chi connectivity index (χ0) is 26.7. The van der Waals surface area contributed by atoms with Gasteiger partial charge in [0, 0.05) is 23.7 Å². The van der Waals surface area contributed by atoms with Crippen LogP contribution in [0.3, 0.4) is 0 Å². The van der Waals surface area contributed by atoms with E-state index >= 15 is 0 Å². The highest BCUT2D eigenvalue weighted by molar-refractivity contribution is 5.95. The average Bonchev–Trinajstić information content (AvgIpc) is 3.44. The van der Waals surface area contributed by atoms with Crippen LogP contribution in [0.4, 0.5) is 0 Å². The van der Waals surface area contributed by atoms with Crippen LogP contribution < -0.4 is 20.1 Å². The Morgan fingerprint density at radius 1 is 1.14 bits per heavy atom. The lowest BCUT2D eigenvalue weighted by molar-refractivity contribution is -0.125. The van der Waals surface area contributed by atoms with E-state index in [-0.39, 0.29) is 36.3 Å². The van der Waals surface area contributed by atoms with Crippen LogP contribution in [-0.4, -0.2) is 51.1 Å². The van der Waals surface area contributed by atoms with Crippen LogP contribution in [0.5, 0.6) is 11.5 Å². The van der Waals surface area contributed by atoms with E-state index in [1.807, 2.05) is 57.1 Å². The number of ether oxygens (including phenoxy) is 3. The van der Waals surface area contributed by atoms with Crippen molar-refractivity contribution in [1.82, 2.24) is 10.6 Å². The zero-order valence-corrected chi connectivity index (χ0v) is 21.5. The van der Waals surface area contributed by atoms with Crippen LogP contribution in [-0.2, 0) is 14.3 Å². The number of hydrogen-bond acceptors (Lipinski definition) is 6. The molecule has 3 rings (SSSR count). The van der Waals surface area contributed by atoms with Crippen LogP contribution in [0.1, 0.15) is 31.1 Å². The largest absolute Gasteiger partial charge is 0.497 e. The molecule has 5 unspecified atom stereocenters. The summed E-state index contributed by atoms with van der Waals surface area (Å²) in [4.78, 5) is 33.7. The Morgan fingerprint density at radius 2 is 1.81 bits per heavy atom. The molecule has 2 heterocycles. The number of benzene rings is 1. The van der Waals surface area contributed by atoms with E-state index in [0.717, 1.165) is 0 Å². The van der Waals surface area contributed by atoms with Gasteiger partial charge in [-0.2, -0.15) is 0 Å². The molecule has 1 fully saturated rings. The van der Waals surface area contributed by atoms with Crippen molar-refractivity contribution < 1.29 is 28.6 Å². The van der Waals surface area contributed by atoms with Crippen LogP contribution in [0.2, 0.25) is 0 Å². The molecule has 2 N–H and O–H groups in total. The second-order valence-electron chi connectivity index (χ2n) is 8.63. The molecule has 2 aliphatic heterocycles. The predicted octanol–water partition coefficient (Wildman–Crippen LogP) is 3.61. The molecule has 1 aromatic carbocycles. The molecule has 8 heteroatoms. The number of carbonyl (C=O) groups is 3. The first kappa shape index (κ1) is 28.6. The Balaban J connectivity index is 0.00000222. The molecular formula is C28H36N2O6. The minimum absolute atomic E-state index is 0.0984. The SMILES string of the molecule is C/C=C\C(C)C=C/C=C/NC(=O)C1C2C=CC(CNC(=O)c3cc(OC)cc(OC)c3)(O2)C1C.C=O. The summed E-state index contributed by atoms with van der Waals surface area (Å²) in [6.45, 7) is 8.32. The molecule has 2 bridgehead atoms. The van der Waals surface area contributed by atoms with Crippen LogP contribution in [0.15, 0.2) is 66.9 Å². The molecule has 194 valence electrons. The lowest BCUT2D eigenvalue weighted by Gasteiger charge is -2.30. The summed E-state index contributed by atoms with van der Waals surface area (Å²) >= 11 is 0. The molecule has 2 aliphatic rings. The molecule has 8 nitrogen and oxygen atoms in total. The third-order valence-electron chi connectivity index (χ3n) is 6.37. The molecule has 2 amide bonds. The maximum absolute atomic E-state index is 12.9. The second-order valence-corrected chi connectivity index (χ2v) is 8.63. The summed E-state index contributed by atoms with van der Waals surface area (Å²) < 4.78 is 16.7. The van der Waals surface area contributed by atoms with E-state index in [9.17, 15) is 9.59 Å². The van der Waals surface area contributed by atoms with E-state index in [4.69, 9.17) is 19.0 Å². The van der Waals surface area contributed by atoms with Gasteiger partial charge in [0.1, 0.15) is 23.9 Å². The fraction of sp³-hybridized carbons (Fsp3) is 0.393. The molecule has 0 aliphatic carbocycles. The summed E-state index contributed by atoms with van der Waals surface area (Å²) in [7, 11) is 3.07. The number of methoxy groups -OCH3 is 2. The smallest absolute Gasteiger partial charge is 0.251 e. The van der Waals surface area contributed by atoms with Gasteiger partial charge in [0.2, 0.25) is 5.91 Å². The van der Waals surface area contributed by atoms with Gasteiger partial charge in [-0.25, -0.2) is 0 Å². The number of hydrogen-bond donors (Lipinski definition) is 2. The molecule has 5 atom stereocenters. The quantitative estimate of drug-likeness (QED) is 0.379. The minimum atomic E-state index is -0.725. The Kier molecular flexibility index (Phi) is 10.7. The number of carbonyl (C=O) groups excluding carboxylic acids is 3. The number of fused-ring (bicyclic) bond motifs is 2. The molecule has 1 saturated heterocycles. The Labute approximate surface area is 213 Å². The van der Waals surface area contributed by atoms with Crippen molar-refractivity contribution in [2.45, 2.75) is 32.5 Å². The maximum Gasteiger partial charge on any atom is 0.251 e. The van der Waals surface area contributed by atoms with Crippen molar-refractivity contribution in [3.63, 3.8) is 0 Å². The number of nitrogens with one attached hydrogen (secondary N) is 2. The summed E-state index contributed by atoms with van der Waals surface area (Å²) in [6, 6.07) is 5.01. The second kappa shape index (κ2) is 13.4. The topological polar surface area (TPSA) is 103 Å². The fourth-order valence-corrected chi connectivity index (χ4v) is 4.42. The van der Waals surface area contributed by atoms with Crippen molar-refractivity contribution >= 4 is 18.6 Å². The van der Waals surface area contributed by atoms with Gasteiger partial charge in [0.25, 0.3) is 5.91 Å². The third-order valence-corrected chi connectivity index (χ3v) is 6.37. The van der Waals surface area contributed by atoms with Crippen molar-refractivity contribution in [2.24, 2.45) is 17.8 Å². The zero-order valence-electron chi connectivity index (χ0n) is 21.5. The summed E-state index contributed by atoms with van der Waals surface area (Å²) in [5.74, 6) is 0.584. The standard InChI is InChI=1S/C27H34N2O5.CH2O/c1-6-9-18(2)10-7-8-13-28-26(31)24-19(3)27(12-11-23(24)34-27)17-29-25(30)20-14-21(32-4)16-22(15-20)33-5;1-2/h6-16,18-19,23-24H,17H2,1-5H3,(H,28,31)(H,29,30);1H2/b9-6-,10-7?,13-8+;.